The van der Waals surface area contributed by atoms with Gasteiger partial charge in [0.1, 0.15) is 5.82 Å². The van der Waals surface area contributed by atoms with E-state index in [1.807, 2.05) is 0 Å². The zero-order chi connectivity index (χ0) is 22.7. The van der Waals surface area contributed by atoms with Crippen LogP contribution < -0.4 is 10.6 Å². The molecule has 0 bridgehead atoms. The summed E-state index contributed by atoms with van der Waals surface area (Å²) in [7, 11) is 0. The lowest BCUT2D eigenvalue weighted by atomic mass is 10.1. The van der Waals surface area contributed by atoms with Crippen molar-refractivity contribution in [1.82, 2.24) is 30.4 Å². The molecule has 0 aliphatic heterocycles. The summed E-state index contributed by atoms with van der Waals surface area (Å²) in [4.78, 5) is 30.8. The number of benzene rings is 1. The Balaban J connectivity index is 1.41. The number of halogens is 2. The molecule has 0 atom stereocenters. The van der Waals surface area contributed by atoms with Gasteiger partial charge in [0.15, 0.2) is 0 Å². The van der Waals surface area contributed by atoms with Gasteiger partial charge in [0.2, 0.25) is 5.91 Å². The van der Waals surface area contributed by atoms with Crippen molar-refractivity contribution in [3.8, 4) is 0 Å². The van der Waals surface area contributed by atoms with Gasteiger partial charge in [-0.1, -0.05) is 11.6 Å². The number of rotatable bonds is 7. The highest BCUT2D eigenvalue weighted by molar-refractivity contribution is 6.35. The maximum absolute atomic E-state index is 14.3. The molecule has 2 amide bonds. The molecule has 0 aliphatic carbocycles. The van der Waals surface area contributed by atoms with Crippen LogP contribution in [-0.4, -0.2) is 31.6 Å². The van der Waals surface area contributed by atoms with Gasteiger partial charge < -0.3 is 15.6 Å². The van der Waals surface area contributed by atoms with E-state index >= 15 is 0 Å². The fourth-order valence-corrected chi connectivity index (χ4v) is 3.45. The van der Waals surface area contributed by atoms with Gasteiger partial charge in [-0.05, 0) is 30.3 Å². The molecule has 3 aromatic heterocycles. The van der Waals surface area contributed by atoms with Gasteiger partial charge in [-0.2, -0.15) is 5.10 Å². The molecule has 164 valence electrons. The average molecular weight is 455 g/mol. The second-order valence-corrected chi connectivity index (χ2v) is 7.67. The molecule has 0 saturated heterocycles. The summed E-state index contributed by atoms with van der Waals surface area (Å²) in [5.41, 5.74) is 2.70. The smallest absolute Gasteiger partial charge is 0.251 e. The maximum atomic E-state index is 14.3. The second-order valence-electron chi connectivity index (χ2n) is 7.26. The lowest BCUT2D eigenvalue weighted by Crippen LogP contribution is -2.23. The van der Waals surface area contributed by atoms with E-state index in [1.165, 1.54) is 19.2 Å². The summed E-state index contributed by atoms with van der Waals surface area (Å²) in [5, 5.41) is 11.0. The fourth-order valence-electron chi connectivity index (χ4n) is 3.24. The van der Waals surface area contributed by atoms with Crippen LogP contribution in [0.15, 0.2) is 48.9 Å². The molecule has 0 unspecified atom stereocenters. The molecule has 8 nitrogen and oxygen atoms in total. The van der Waals surface area contributed by atoms with Gasteiger partial charge in [-0.25, -0.2) is 4.39 Å². The van der Waals surface area contributed by atoms with E-state index in [1.54, 1.807) is 41.3 Å². The van der Waals surface area contributed by atoms with Crippen LogP contribution in [0.3, 0.4) is 0 Å². The number of pyridine rings is 1. The highest BCUT2D eigenvalue weighted by Crippen LogP contribution is 2.25. The van der Waals surface area contributed by atoms with Gasteiger partial charge in [0.25, 0.3) is 5.91 Å². The Morgan fingerprint density at radius 2 is 2.00 bits per heavy atom. The number of hydrogen-bond donors (Lipinski definition) is 3. The monoisotopic (exact) mass is 454 g/mol. The van der Waals surface area contributed by atoms with Crippen LogP contribution in [0.25, 0.3) is 10.9 Å². The second kappa shape index (κ2) is 9.19. The lowest BCUT2D eigenvalue weighted by Gasteiger charge is -2.08. The molecule has 0 radical (unpaired) electrons. The summed E-state index contributed by atoms with van der Waals surface area (Å²) >= 11 is 6.10. The van der Waals surface area contributed by atoms with Gasteiger partial charge in [-0.3, -0.25) is 19.3 Å². The predicted molar refractivity (Wildman–Crippen MR) is 118 cm³/mol. The van der Waals surface area contributed by atoms with Gasteiger partial charge in [0.05, 0.1) is 29.5 Å². The molecule has 0 spiro atoms. The number of hydrogen-bond acceptors (Lipinski definition) is 4. The van der Waals surface area contributed by atoms with Crippen molar-refractivity contribution in [2.45, 2.75) is 26.6 Å². The highest BCUT2D eigenvalue weighted by atomic mass is 35.5. The number of carbonyl (C=O) groups excluding carboxylic acids is 2. The van der Waals surface area contributed by atoms with E-state index < -0.39 is 5.82 Å². The Labute approximate surface area is 187 Å². The van der Waals surface area contributed by atoms with Crippen LogP contribution in [-0.2, 0) is 24.4 Å². The van der Waals surface area contributed by atoms with Crippen molar-refractivity contribution < 1.29 is 14.0 Å². The summed E-state index contributed by atoms with van der Waals surface area (Å²) in [6.07, 6.45) is 4.91. The third-order valence-corrected chi connectivity index (χ3v) is 5.17. The Hall–Kier alpha value is -3.72. The Morgan fingerprint density at radius 1 is 1.16 bits per heavy atom. The zero-order valence-electron chi connectivity index (χ0n) is 17.2. The van der Waals surface area contributed by atoms with Gasteiger partial charge in [-0.15, -0.1) is 0 Å². The first-order chi connectivity index (χ1) is 15.4. The van der Waals surface area contributed by atoms with Crippen molar-refractivity contribution in [3.63, 3.8) is 0 Å². The van der Waals surface area contributed by atoms with Crippen LogP contribution in [0.1, 0.15) is 34.2 Å². The molecule has 0 fully saturated rings. The van der Waals surface area contributed by atoms with E-state index in [-0.39, 0.29) is 18.4 Å². The average Bonchev–Trinajstić information content (AvgIpc) is 3.36. The number of carbonyl (C=O) groups is 2. The Bertz CT molecular complexity index is 1300. The van der Waals surface area contributed by atoms with Crippen molar-refractivity contribution >= 4 is 34.3 Å². The van der Waals surface area contributed by atoms with Crippen molar-refractivity contribution in [2.24, 2.45) is 0 Å². The molecule has 3 heterocycles. The quantitative estimate of drug-likeness (QED) is 0.399. The van der Waals surface area contributed by atoms with E-state index in [9.17, 15) is 14.0 Å². The van der Waals surface area contributed by atoms with Crippen LogP contribution in [0.5, 0.6) is 0 Å². The number of fused-ring (bicyclic) bond motifs is 1. The third kappa shape index (κ3) is 4.94. The molecule has 0 aliphatic rings. The molecule has 4 aromatic rings. The third-order valence-electron chi connectivity index (χ3n) is 4.85. The van der Waals surface area contributed by atoms with Crippen molar-refractivity contribution in [3.05, 3.63) is 82.3 Å². The molecule has 3 N–H and O–H groups in total. The number of aromatic amines is 1. The zero-order valence-corrected chi connectivity index (χ0v) is 17.9. The van der Waals surface area contributed by atoms with E-state index in [0.717, 1.165) is 5.69 Å². The first-order valence-electron chi connectivity index (χ1n) is 9.84. The van der Waals surface area contributed by atoms with Gasteiger partial charge in [0, 0.05) is 54.1 Å². The maximum Gasteiger partial charge on any atom is 0.251 e. The van der Waals surface area contributed by atoms with Crippen molar-refractivity contribution in [2.75, 3.05) is 0 Å². The fraction of sp³-hybridized carbons (Fsp3) is 0.182. The molecular formula is C22H20ClFN6O2. The SMILES string of the molecule is CC(=O)NCc1ccn(Cc2cc(C(=O)NCc3cc4c(Cl)c[nH]c4cc3F)ccn2)n1. The minimum Gasteiger partial charge on any atom is -0.360 e. The Kier molecular flexibility index (Phi) is 6.18. The number of nitrogens with zero attached hydrogens (tertiary/aromatic N) is 3. The number of H-pyrrole nitrogens is 1. The van der Waals surface area contributed by atoms with Crippen molar-refractivity contribution in [1.29, 1.82) is 0 Å². The van der Waals surface area contributed by atoms with Crippen LogP contribution in [0.4, 0.5) is 4.39 Å². The summed E-state index contributed by atoms with van der Waals surface area (Å²) < 4.78 is 16.0. The molecule has 1 aromatic carbocycles. The lowest BCUT2D eigenvalue weighted by molar-refractivity contribution is -0.119. The largest absolute Gasteiger partial charge is 0.360 e. The number of amides is 2. The first-order valence-corrected chi connectivity index (χ1v) is 10.2. The minimum absolute atomic E-state index is 0.0193. The first kappa shape index (κ1) is 21.5. The van der Waals surface area contributed by atoms with Crippen LogP contribution >= 0.6 is 11.6 Å². The number of aromatic nitrogens is 4. The molecular weight excluding hydrogens is 435 g/mol. The van der Waals surface area contributed by atoms with Crippen LogP contribution in [0, 0.1) is 5.82 Å². The van der Waals surface area contributed by atoms with E-state index in [0.29, 0.717) is 45.8 Å². The van der Waals surface area contributed by atoms with Crippen LogP contribution in [0.2, 0.25) is 5.02 Å². The van der Waals surface area contributed by atoms with Gasteiger partial charge >= 0.3 is 0 Å². The topological polar surface area (TPSA) is 105 Å². The molecule has 10 heteroatoms. The standard InChI is InChI=1S/C22H20ClFN6O2/c1-13(31)26-10-16-3-5-30(29-16)12-17-6-14(2-4-25-17)22(32)28-9-15-7-18-19(23)11-27-21(18)8-20(15)24/h2-8,11,27H,9-10,12H2,1H3,(H,26,31)(H,28,32). The highest BCUT2D eigenvalue weighted by Gasteiger charge is 2.12. The van der Waals surface area contributed by atoms with E-state index in [4.69, 9.17) is 11.6 Å². The molecule has 32 heavy (non-hydrogen) atoms. The predicted octanol–water partition coefficient (Wildman–Crippen LogP) is 3.17. The minimum atomic E-state index is -0.430. The molecule has 4 rings (SSSR count). The van der Waals surface area contributed by atoms with E-state index in [2.05, 4.69) is 25.7 Å². The summed E-state index contributed by atoms with van der Waals surface area (Å²) in [6, 6.07) is 8.03. The summed E-state index contributed by atoms with van der Waals surface area (Å²) in [6.45, 7) is 2.16. The molecule has 0 saturated carbocycles. The number of nitrogens with one attached hydrogen (secondary N) is 3. The normalized spacial score (nSPS) is 11.0. The summed E-state index contributed by atoms with van der Waals surface area (Å²) in [5.74, 6) is -0.906. The Morgan fingerprint density at radius 3 is 2.81 bits per heavy atom.